The van der Waals surface area contributed by atoms with E-state index in [9.17, 15) is 4.79 Å². The van der Waals surface area contributed by atoms with Crippen LogP contribution in [0.15, 0.2) is 24.3 Å². The van der Waals surface area contributed by atoms with Gasteiger partial charge in [0.05, 0.1) is 106 Å². The lowest BCUT2D eigenvalue weighted by molar-refractivity contribution is -0.145. The average molecular weight is 646 g/mol. The number of carbonyl (C=O) groups is 1. The standard InChI is InChI=1S/C33H59NO11/c1-2-3-4-5-6-7-8-33(35)45-30-28-43-26-24-41-22-20-39-18-16-37-14-13-36-15-17-38-19-21-40-23-25-42-27-29-44-32-11-9-31(34)10-12-32/h9-12H,2-8,13-30,34H2,1H3. The van der Waals surface area contributed by atoms with E-state index in [1.807, 2.05) is 12.1 Å². The van der Waals surface area contributed by atoms with Crippen molar-refractivity contribution in [3.63, 3.8) is 0 Å². The van der Waals surface area contributed by atoms with Crippen molar-refractivity contribution in [2.45, 2.75) is 51.9 Å². The van der Waals surface area contributed by atoms with Crippen LogP contribution in [0.4, 0.5) is 5.69 Å². The number of esters is 1. The van der Waals surface area contributed by atoms with Gasteiger partial charge in [-0.3, -0.25) is 4.79 Å². The van der Waals surface area contributed by atoms with Crippen molar-refractivity contribution in [3.05, 3.63) is 24.3 Å². The van der Waals surface area contributed by atoms with E-state index < -0.39 is 0 Å². The minimum atomic E-state index is -0.143. The van der Waals surface area contributed by atoms with Crippen LogP contribution >= 0.6 is 0 Å². The van der Waals surface area contributed by atoms with Gasteiger partial charge in [0.25, 0.3) is 0 Å². The highest BCUT2D eigenvalue weighted by Crippen LogP contribution is 2.12. The predicted molar refractivity (Wildman–Crippen MR) is 172 cm³/mol. The van der Waals surface area contributed by atoms with E-state index in [0.717, 1.165) is 18.6 Å². The van der Waals surface area contributed by atoms with Gasteiger partial charge >= 0.3 is 5.97 Å². The summed E-state index contributed by atoms with van der Waals surface area (Å²) in [6, 6.07) is 7.26. The second-order valence-electron chi connectivity index (χ2n) is 10.1. The average Bonchev–Trinajstić information content (AvgIpc) is 3.04. The molecule has 12 nitrogen and oxygen atoms in total. The fraction of sp³-hybridized carbons (Fsp3) is 0.788. The van der Waals surface area contributed by atoms with Crippen LogP contribution in [0.3, 0.4) is 0 Å². The van der Waals surface area contributed by atoms with Crippen molar-refractivity contribution in [1.82, 2.24) is 0 Å². The van der Waals surface area contributed by atoms with Crippen LogP contribution in [0.25, 0.3) is 0 Å². The zero-order chi connectivity index (χ0) is 32.3. The summed E-state index contributed by atoms with van der Waals surface area (Å²) in [5.74, 6) is 0.627. The molecule has 0 saturated carbocycles. The molecule has 1 aromatic rings. The third kappa shape index (κ3) is 30.4. The summed E-state index contributed by atoms with van der Waals surface area (Å²) in [4.78, 5) is 11.7. The van der Waals surface area contributed by atoms with Crippen molar-refractivity contribution in [2.75, 3.05) is 125 Å². The van der Waals surface area contributed by atoms with E-state index in [4.69, 9.17) is 53.1 Å². The molecule has 0 amide bonds. The molecule has 0 aliphatic carbocycles. The lowest BCUT2D eigenvalue weighted by atomic mass is 10.1. The first-order chi connectivity index (χ1) is 22.2. The lowest BCUT2D eigenvalue weighted by Crippen LogP contribution is -2.15. The van der Waals surface area contributed by atoms with E-state index in [-0.39, 0.29) is 12.6 Å². The van der Waals surface area contributed by atoms with Crippen molar-refractivity contribution < 1.29 is 52.2 Å². The van der Waals surface area contributed by atoms with Crippen molar-refractivity contribution in [1.29, 1.82) is 0 Å². The highest BCUT2D eigenvalue weighted by Gasteiger charge is 2.02. The molecule has 0 saturated heterocycles. The van der Waals surface area contributed by atoms with Gasteiger partial charge in [-0.05, 0) is 30.7 Å². The molecule has 2 N–H and O–H groups in total. The first-order valence-corrected chi connectivity index (χ1v) is 16.5. The molecule has 0 aliphatic rings. The first-order valence-electron chi connectivity index (χ1n) is 16.5. The molecule has 0 fully saturated rings. The van der Waals surface area contributed by atoms with E-state index in [1.54, 1.807) is 12.1 Å². The Hall–Kier alpha value is -2.03. The van der Waals surface area contributed by atoms with Gasteiger partial charge in [0, 0.05) is 12.1 Å². The fourth-order valence-corrected chi connectivity index (χ4v) is 3.76. The lowest BCUT2D eigenvalue weighted by Gasteiger charge is -2.09. The number of unbranched alkanes of at least 4 members (excludes halogenated alkanes) is 5. The van der Waals surface area contributed by atoms with E-state index in [2.05, 4.69) is 6.92 Å². The summed E-state index contributed by atoms with van der Waals surface area (Å²) in [5, 5.41) is 0. The molecular formula is C33H59NO11. The molecule has 262 valence electrons. The van der Waals surface area contributed by atoms with Gasteiger partial charge in [-0.2, -0.15) is 0 Å². The van der Waals surface area contributed by atoms with E-state index >= 15 is 0 Å². The quantitative estimate of drug-likeness (QED) is 0.0648. The summed E-state index contributed by atoms with van der Waals surface area (Å²) >= 11 is 0. The molecular weight excluding hydrogens is 586 g/mol. The number of hydrogen-bond acceptors (Lipinski definition) is 12. The molecule has 0 heterocycles. The maximum absolute atomic E-state index is 11.7. The summed E-state index contributed by atoms with van der Waals surface area (Å²) in [6.07, 6.45) is 7.42. The molecule has 0 radical (unpaired) electrons. The molecule has 45 heavy (non-hydrogen) atoms. The largest absolute Gasteiger partial charge is 0.491 e. The molecule has 0 bridgehead atoms. The Labute approximate surface area is 270 Å². The highest BCUT2D eigenvalue weighted by atomic mass is 16.6. The molecule has 1 rings (SSSR count). The van der Waals surface area contributed by atoms with Gasteiger partial charge in [-0.1, -0.05) is 39.0 Å². The second-order valence-corrected chi connectivity index (χ2v) is 10.1. The van der Waals surface area contributed by atoms with Crippen LogP contribution in [0.5, 0.6) is 5.75 Å². The Morgan fingerprint density at radius 3 is 1.27 bits per heavy atom. The highest BCUT2D eigenvalue weighted by molar-refractivity contribution is 5.69. The number of benzene rings is 1. The van der Waals surface area contributed by atoms with Crippen LogP contribution in [-0.4, -0.2) is 125 Å². The number of ether oxygens (including phenoxy) is 10. The Balaban J connectivity index is 1.65. The molecule has 12 heteroatoms. The minimum Gasteiger partial charge on any atom is -0.491 e. The number of nitrogens with two attached hydrogens (primary N) is 1. The number of hydrogen-bond donors (Lipinski definition) is 1. The maximum Gasteiger partial charge on any atom is 0.305 e. The Kier molecular flexibility index (Phi) is 30.4. The van der Waals surface area contributed by atoms with Crippen molar-refractivity contribution in [2.24, 2.45) is 0 Å². The first kappa shape index (κ1) is 41.0. The van der Waals surface area contributed by atoms with Gasteiger partial charge in [0.15, 0.2) is 0 Å². The van der Waals surface area contributed by atoms with Crippen molar-refractivity contribution >= 4 is 11.7 Å². The number of carbonyl (C=O) groups excluding carboxylic acids is 1. The predicted octanol–water partition coefficient (Wildman–Crippen LogP) is 4.07. The van der Waals surface area contributed by atoms with Gasteiger partial charge < -0.3 is 53.1 Å². The summed E-state index contributed by atoms with van der Waals surface area (Å²) in [7, 11) is 0. The third-order valence-corrected chi connectivity index (χ3v) is 6.21. The summed E-state index contributed by atoms with van der Waals surface area (Å²) in [6.45, 7) is 10.8. The topological polar surface area (TPSA) is 135 Å². The summed E-state index contributed by atoms with van der Waals surface area (Å²) < 4.78 is 54.4. The minimum absolute atomic E-state index is 0.143. The van der Waals surface area contributed by atoms with Gasteiger partial charge in [0.1, 0.15) is 19.0 Å². The zero-order valence-corrected chi connectivity index (χ0v) is 27.6. The van der Waals surface area contributed by atoms with Crippen LogP contribution in [0.2, 0.25) is 0 Å². The zero-order valence-electron chi connectivity index (χ0n) is 27.6. The second kappa shape index (κ2) is 33.3. The fourth-order valence-electron chi connectivity index (χ4n) is 3.76. The third-order valence-electron chi connectivity index (χ3n) is 6.21. The SMILES string of the molecule is CCCCCCCCC(=O)OCCOCCOCCOCCOCCOCCOCCOCCOCCOc1ccc(N)cc1. The van der Waals surface area contributed by atoms with Crippen LogP contribution in [0.1, 0.15) is 51.9 Å². The molecule has 0 atom stereocenters. The smallest absolute Gasteiger partial charge is 0.305 e. The monoisotopic (exact) mass is 645 g/mol. The molecule has 0 spiro atoms. The molecule has 0 aliphatic heterocycles. The van der Waals surface area contributed by atoms with Crippen LogP contribution in [0, 0.1) is 0 Å². The van der Waals surface area contributed by atoms with Crippen LogP contribution in [-0.2, 0) is 47.4 Å². The molecule has 0 unspecified atom stereocenters. The van der Waals surface area contributed by atoms with Crippen LogP contribution < -0.4 is 10.5 Å². The molecule has 1 aromatic carbocycles. The molecule has 0 aromatic heterocycles. The van der Waals surface area contributed by atoms with E-state index in [1.165, 1.54) is 25.7 Å². The Bertz CT molecular complexity index is 755. The summed E-state index contributed by atoms with van der Waals surface area (Å²) in [5.41, 5.74) is 6.35. The number of nitrogen functional groups attached to an aromatic ring is 1. The number of anilines is 1. The maximum atomic E-state index is 11.7. The van der Waals surface area contributed by atoms with E-state index in [0.29, 0.717) is 124 Å². The van der Waals surface area contributed by atoms with Crippen molar-refractivity contribution in [3.8, 4) is 5.75 Å². The van der Waals surface area contributed by atoms with Gasteiger partial charge in [-0.15, -0.1) is 0 Å². The Morgan fingerprint density at radius 1 is 0.489 bits per heavy atom. The Morgan fingerprint density at radius 2 is 0.844 bits per heavy atom. The van der Waals surface area contributed by atoms with Gasteiger partial charge in [0.2, 0.25) is 0 Å². The van der Waals surface area contributed by atoms with Gasteiger partial charge in [-0.25, -0.2) is 0 Å². The number of rotatable bonds is 35. The normalized spacial score (nSPS) is 11.2.